The highest BCUT2D eigenvalue weighted by Crippen LogP contribution is 2.29. The van der Waals surface area contributed by atoms with Gasteiger partial charge in [0.05, 0.1) is 5.38 Å². The van der Waals surface area contributed by atoms with Crippen LogP contribution in [-0.2, 0) is 0 Å². The van der Waals surface area contributed by atoms with Gasteiger partial charge in [0.2, 0.25) is 5.13 Å². The van der Waals surface area contributed by atoms with E-state index in [1.807, 2.05) is 31.2 Å². The van der Waals surface area contributed by atoms with E-state index in [1.54, 1.807) is 5.51 Å². The minimum Gasteiger partial charge on any atom is -0.330 e. The Morgan fingerprint density at radius 2 is 2.20 bits per heavy atom. The molecule has 1 N–H and O–H groups in total. The van der Waals surface area contributed by atoms with Crippen LogP contribution in [0.2, 0.25) is 0 Å². The monoisotopic (exact) mass is 239 g/mol. The molecule has 15 heavy (non-hydrogen) atoms. The van der Waals surface area contributed by atoms with Crippen LogP contribution in [0.4, 0.5) is 10.8 Å². The third kappa shape index (κ3) is 2.46. The average Bonchev–Trinajstić information content (AvgIpc) is 2.71. The molecule has 78 valence electrons. The highest BCUT2D eigenvalue weighted by atomic mass is 35.5. The zero-order chi connectivity index (χ0) is 10.7. The first-order valence-corrected chi connectivity index (χ1v) is 5.85. The van der Waals surface area contributed by atoms with E-state index in [4.69, 9.17) is 11.6 Å². The summed E-state index contributed by atoms with van der Waals surface area (Å²) in [6.07, 6.45) is 0. The van der Waals surface area contributed by atoms with Gasteiger partial charge in [0.25, 0.3) is 0 Å². The van der Waals surface area contributed by atoms with Crippen LogP contribution in [0.5, 0.6) is 0 Å². The van der Waals surface area contributed by atoms with Gasteiger partial charge in [-0.2, -0.15) is 0 Å². The minimum atomic E-state index is -0.0263. The number of halogens is 1. The zero-order valence-electron chi connectivity index (χ0n) is 8.14. The number of hydrogen-bond donors (Lipinski definition) is 1. The SMILES string of the molecule is CC(Cl)c1ccccc1Nc1nncs1. The predicted octanol–water partition coefficient (Wildman–Crippen LogP) is 3.58. The number of nitrogens with zero attached hydrogens (tertiary/aromatic N) is 2. The van der Waals surface area contributed by atoms with Crippen molar-refractivity contribution in [3.63, 3.8) is 0 Å². The normalized spacial score (nSPS) is 12.4. The van der Waals surface area contributed by atoms with E-state index < -0.39 is 0 Å². The molecule has 1 aromatic heterocycles. The fourth-order valence-electron chi connectivity index (χ4n) is 1.30. The summed E-state index contributed by atoms with van der Waals surface area (Å²) in [5, 5.41) is 11.6. The molecule has 1 heterocycles. The van der Waals surface area contributed by atoms with Gasteiger partial charge in [0.1, 0.15) is 5.51 Å². The number of benzene rings is 1. The maximum atomic E-state index is 6.08. The Morgan fingerprint density at radius 1 is 1.40 bits per heavy atom. The second kappa shape index (κ2) is 4.59. The Labute approximate surface area is 97.1 Å². The second-order valence-electron chi connectivity index (χ2n) is 3.07. The molecule has 1 aromatic carbocycles. The van der Waals surface area contributed by atoms with Crippen molar-refractivity contribution in [1.29, 1.82) is 0 Å². The third-order valence-corrected chi connectivity index (χ3v) is 2.83. The Morgan fingerprint density at radius 3 is 2.87 bits per heavy atom. The fourth-order valence-corrected chi connectivity index (χ4v) is 1.95. The summed E-state index contributed by atoms with van der Waals surface area (Å²) < 4.78 is 0. The van der Waals surface area contributed by atoms with Gasteiger partial charge >= 0.3 is 0 Å². The van der Waals surface area contributed by atoms with Crippen LogP contribution in [0.3, 0.4) is 0 Å². The number of anilines is 2. The molecule has 0 aliphatic carbocycles. The quantitative estimate of drug-likeness (QED) is 0.832. The summed E-state index contributed by atoms with van der Waals surface area (Å²) in [7, 11) is 0. The standard InChI is InChI=1S/C10H10ClN3S/c1-7(11)8-4-2-3-5-9(8)13-10-14-12-6-15-10/h2-7H,1H3,(H,13,14). The van der Waals surface area contributed by atoms with E-state index in [-0.39, 0.29) is 5.38 Å². The van der Waals surface area contributed by atoms with E-state index in [0.717, 1.165) is 16.4 Å². The van der Waals surface area contributed by atoms with Crippen molar-refractivity contribution in [2.45, 2.75) is 12.3 Å². The van der Waals surface area contributed by atoms with Crippen LogP contribution < -0.4 is 5.32 Å². The van der Waals surface area contributed by atoms with Crippen molar-refractivity contribution >= 4 is 33.8 Å². The van der Waals surface area contributed by atoms with Crippen molar-refractivity contribution in [3.8, 4) is 0 Å². The van der Waals surface area contributed by atoms with E-state index in [2.05, 4.69) is 15.5 Å². The van der Waals surface area contributed by atoms with Gasteiger partial charge in [-0.15, -0.1) is 21.8 Å². The van der Waals surface area contributed by atoms with Crippen LogP contribution in [-0.4, -0.2) is 10.2 Å². The molecule has 0 aliphatic heterocycles. The number of nitrogens with one attached hydrogen (secondary N) is 1. The maximum Gasteiger partial charge on any atom is 0.209 e. The summed E-state index contributed by atoms with van der Waals surface area (Å²) in [5.41, 5.74) is 3.74. The van der Waals surface area contributed by atoms with Crippen LogP contribution in [0, 0.1) is 0 Å². The Kier molecular flexibility index (Phi) is 3.18. The summed E-state index contributed by atoms with van der Waals surface area (Å²) in [5.74, 6) is 0. The van der Waals surface area contributed by atoms with E-state index >= 15 is 0 Å². The largest absolute Gasteiger partial charge is 0.330 e. The predicted molar refractivity (Wildman–Crippen MR) is 63.9 cm³/mol. The lowest BCUT2D eigenvalue weighted by Gasteiger charge is -2.10. The third-order valence-electron chi connectivity index (χ3n) is 1.99. The smallest absolute Gasteiger partial charge is 0.209 e. The van der Waals surface area contributed by atoms with Crippen LogP contribution in [0.15, 0.2) is 29.8 Å². The van der Waals surface area contributed by atoms with Crippen molar-refractivity contribution in [2.75, 3.05) is 5.32 Å². The second-order valence-corrected chi connectivity index (χ2v) is 4.56. The first kappa shape index (κ1) is 10.4. The van der Waals surface area contributed by atoms with Gasteiger partial charge in [0.15, 0.2) is 0 Å². The van der Waals surface area contributed by atoms with Crippen molar-refractivity contribution < 1.29 is 0 Å². The molecular weight excluding hydrogens is 230 g/mol. The van der Waals surface area contributed by atoms with Gasteiger partial charge in [-0.25, -0.2) is 0 Å². The Hall–Kier alpha value is -1.13. The highest BCUT2D eigenvalue weighted by Gasteiger charge is 2.08. The molecule has 0 spiro atoms. The lowest BCUT2D eigenvalue weighted by molar-refractivity contribution is 1.07. The van der Waals surface area contributed by atoms with Crippen molar-refractivity contribution in [1.82, 2.24) is 10.2 Å². The molecular formula is C10H10ClN3S. The average molecular weight is 240 g/mol. The summed E-state index contributed by atoms with van der Waals surface area (Å²) >= 11 is 7.54. The molecule has 0 saturated carbocycles. The molecule has 0 saturated heterocycles. The van der Waals surface area contributed by atoms with Gasteiger partial charge in [-0.1, -0.05) is 29.5 Å². The van der Waals surface area contributed by atoms with Gasteiger partial charge in [-0.05, 0) is 18.6 Å². The highest BCUT2D eigenvalue weighted by molar-refractivity contribution is 7.13. The molecule has 0 amide bonds. The van der Waals surface area contributed by atoms with Crippen LogP contribution in [0.25, 0.3) is 0 Å². The number of rotatable bonds is 3. The molecule has 2 rings (SSSR count). The molecule has 0 aliphatic rings. The summed E-state index contributed by atoms with van der Waals surface area (Å²) in [4.78, 5) is 0. The molecule has 0 bridgehead atoms. The lowest BCUT2D eigenvalue weighted by Crippen LogP contribution is -1.95. The Balaban J connectivity index is 2.28. The van der Waals surface area contributed by atoms with Gasteiger partial charge in [-0.3, -0.25) is 0 Å². The molecule has 0 radical (unpaired) electrons. The van der Waals surface area contributed by atoms with Crippen LogP contribution in [0.1, 0.15) is 17.9 Å². The molecule has 3 nitrogen and oxygen atoms in total. The number of hydrogen-bond acceptors (Lipinski definition) is 4. The Bertz CT molecular complexity index is 428. The first-order chi connectivity index (χ1) is 7.27. The number of aromatic nitrogens is 2. The molecule has 0 fully saturated rings. The molecule has 1 unspecified atom stereocenters. The number of alkyl halides is 1. The lowest BCUT2D eigenvalue weighted by atomic mass is 10.1. The number of para-hydroxylation sites is 1. The van der Waals surface area contributed by atoms with Crippen LogP contribution >= 0.6 is 22.9 Å². The fraction of sp³-hybridized carbons (Fsp3) is 0.200. The zero-order valence-corrected chi connectivity index (χ0v) is 9.72. The first-order valence-electron chi connectivity index (χ1n) is 4.53. The van der Waals surface area contributed by atoms with Crippen molar-refractivity contribution in [3.05, 3.63) is 35.3 Å². The van der Waals surface area contributed by atoms with E-state index in [1.165, 1.54) is 11.3 Å². The maximum absolute atomic E-state index is 6.08. The molecule has 1 atom stereocenters. The topological polar surface area (TPSA) is 37.8 Å². The summed E-state index contributed by atoms with van der Waals surface area (Å²) in [6.45, 7) is 1.95. The molecule has 2 aromatic rings. The minimum absolute atomic E-state index is 0.0263. The summed E-state index contributed by atoms with van der Waals surface area (Å²) in [6, 6.07) is 7.92. The molecule has 5 heteroatoms. The van der Waals surface area contributed by atoms with Crippen molar-refractivity contribution in [2.24, 2.45) is 0 Å². The van der Waals surface area contributed by atoms with Gasteiger partial charge in [0, 0.05) is 5.69 Å². The van der Waals surface area contributed by atoms with E-state index in [9.17, 15) is 0 Å². The van der Waals surface area contributed by atoms with E-state index in [0.29, 0.717) is 0 Å². The van der Waals surface area contributed by atoms with Gasteiger partial charge < -0.3 is 5.32 Å².